The summed E-state index contributed by atoms with van der Waals surface area (Å²) in [6.45, 7) is 0. The quantitative estimate of drug-likeness (QED) is 0.679. The lowest BCUT2D eigenvalue weighted by Gasteiger charge is -2.16. The molecule has 0 aliphatic carbocycles. The van der Waals surface area contributed by atoms with Crippen molar-refractivity contribution >= 4 is 6.29 Å². The van der Waals surface area contributed by atoms with Gasteiger partial charge >= 0.3 is 0 Å². The van der Waals surface area contributed by atoms with Gasteiger partial charge in [-0.25, -0.2) is 0 Å². The second kappa shape index (κ2) is 7.52. The monoisotopic (exact) mass is 252 g/mol. The van der Waals surface area contributed by atoms with Crippen molar-refractivity contribution in [2.24, 2.45) is 5.92 Å². The Morgan fingerprint density at radius 3 is 1.68 bits per heavy atom. The van der Waals surface area contributed by atoms with E-state index in [1.54, 1.807) is 0 Å². The molecular weight excluding hydrogens is 232 g/mol. The minimum Gasteiger partial charge on any atom is -0.303 e. The topological polar surface area (TPSA) is 17.1 Å². The van der Waals surface area contributed by atoms with Crippen LogP contribution in [0.5, 0.6) is 0 Å². The van der Waals surface area contributed by atoms with Crippen molar-refractivity contribution in [3.63, 3.8) is 0 Å². The molecular formula is C18H20O. The van der Waals surface area contributed by atoms with Gasteiger partial charge in [-0.15, -0.1) is 0 Å². The molecule has 0 atom stereocenters. The molecule has 0 spiro atoms. The second-order valence-corrected chi connectivity index (χ2v) is 4.99. The summed E-state index contributed by atoms with van der Waals surface area (Å²) in [7, 11) is 0. The van der Waals surface area contributed by atoms with Crippen LogP contribution < -0.4 is 0 Å². The smallest absolute Gasteiger partial charge is 0.120 e. The van der Waals surface area contributed by atoms with Gasteiger partial charge in [0, 0.05) is 6.42 Å². The van der Waals surface area contributed by atoms with Gasteiger partial charge in [0.25, 0.3) is 0 Å². The number of benzene rings is 2. The van der Waals surface area contributed by atoms with Gasteiger partial charge in [-0.05, 0) is 36.3 Å². The van der Waals surface area contributed by atoms with E-state index >= 15 is 0 Å². The summed E-state index contributed by atoms with van der Waals surface area (Å²) >= 11 is 0. The SMILES string of the molecule is O=CCCC(Cc1ccccc1)Cc1ccccc1. The highest BCUT2D eigenvalue weighted by Gasteiger charge is 2.10. The molecule has 0 aliphatic rings. The van der Waals surface area contributed by atoms with Crippen LogP contribution in [0.3, 0.4) is 0 Å². The lowest BCUT2D eigenvalue weighted by molar-refractivity contribution is -0.108. The summed E-state index contributed by atoms with van der Waals surface area (Å²) < 4.78 is 0. The fraction of sp³-hybridized carbons (Fsp3) is 0.278. The van der Waals surface area contributed by atoms with Gasteiger partial charge in [0.05, 0.1) is 0 Å². The molecule has 0 N–H and O–H groups in total. The summed E-state index contributed by atoms with van der Waals surface area (Å²) in [6.07, 6.45) is 4.74. The first-order valence-corrected chi connectivity index (χ1v) is 6.90. The third-order valence-electron chi connectivity index (χ3n) is 3.43. The molecule has 0 radical (unpaired) electrons. The molecule has 0 aliphatic heterocycles. The first-order chi connectivity index (χ1) is 9.38. The summed E-state index contributed by atoms with van der Waals surface area (Å²) in [5.74, 6) is 0.537. The predicted octanol–water partition coefficient (Wildman–Crippen LogP) is 4.07. The highest BCUT2D eigenvalue weighted by molar-refractivity contribution is 5.49. The van der Waals surface area contributed by atoms with E-state index in [1.807, 2.05) is 12.1 Å². The molecule has 1 nitrogen and oxygen atoms in total. The summed E-state index contributed by atoms with van der Waals surface area (Å²) in [4.78, 5) is 10.6. The van der Waals surface area contributed by atoms with E-state index in [9.17, 15) is 4.79 Å². The van der Waals surface area contributed by atoms with Gasteiger partial charge in [0.2, 0.25) is 0 Å². The maximum absolute atomic E-state index is 10.6. The molecule has 0 unspecified atom stereocenters. The van der Waals surface area contributed by atoms with E-state index in [1.165, 1.54) is 11.1 Å². The molecule has 0 saturated heterocycles. The third-order valence-corrected chi connectivity index (χ3v) is 3.43. The Morgan fingerprint density at radius 2 is 1.26 bits per heavy atom. The first-order valence-electron chi connectivity index (χ1n) is 6.90. The van der Waals surface area contributed by atoms with Crippen molar-refractivity contribution in [3.8, 4) is 0 Å². The maximum atomic E-state index is 10.6. The number of carbonyl (C=O) groups excluding carboxylic acids is 1. The molecule has 0 amide bonds. The van der Waals surface area contributed by atoms with Gasteiger partial charge in [-0.2, -0.15) is 0 Å². The molecule has 0 fully saturated rings. The molecule has 1 heteroatoms. The number of hydrogen-bond donors (Lipinski definition) is 0. The number of rotatable bonds is 7. The van der Waals surface area contributed by atoms with Crippen molar-refractivity contribution < 1.29 is 4.79 Å². The molecule has 2 aromatic carbocycles. The van der Waals surface area contributed by atoms with Crippen LogP contribution >= 0.6 is 0 Å². The van der Waals surface area contributed by atoms with E-state index in [-0.39, 0.29) is 0 Å². The van der Waals surface area contributed by atoms with Crippen molar-refractivity contribution in [3.05, 3.63) is 71.8 Å². The van der Waals surface area contributed by atoms with E-state index < -0.39 is 0 Å². The summed E-state index contributed by atoms with van der Waals surface area (Å²) in [5.41, 5.74) is 2.71. The van der Waals surface area contributed by atoms with E-state index in [4.69, 9.17) is 0 Å². The molecule has 0 saturated carbocycles. The van der Waals surface area contributed by atoms with E-state index in [0.717, 1.165) is 25.5 Å². The Bertz CT molecular complexity index is 434. The molecule has 0 aromatic heterocycles. The van der Waals surface area contributed by atoms with Crippen LogP contribution in [0.25, 0.3) is 0 Å². The average Bonchev–Trinajstić information content (AvgIpc) is 2.47. The van der Waals surface area contributed by atoms with Gasteiger partial charge in [-0.1, -0.05) is 60.7 Å². The van der Waals surface area contributed by atoms with E-state index in [2.05, 4.69) is 48.5 Å². The number of aldehydes is 1. The third kappa shape index (κ3) is 4.70. The van der Waals surface area contributed by atoms with Crippen molar-refractivity contribution in [2.75, 3.05) is 0 Å². The van der Waals surface area contributed by atoms with Crippen molar-refractivity contribution in [1.82, 2.24) is 0 Å². The zero-order chi connectivity index (χ0) is 13.3. The minimum atomic E-state index is 0.537. The Hall–Kier alpha value is -1.89. The summed E-state index contributed by atoms with van der Waals surface area (Å²) in [6, 6.07) is 21.1. The van der Waals surface area contributed by atoms with Crippen LogP contribution in [0.4, 0.5) is 0 Å². The molecule has 19 heavy (non-hydrogen) atoms. The molecule has 2 aromatic rings. The fourth-order valence-electron chi connectivity index (χ4n) is 2.47. The Morgan fingerprint density at radius 1 is 0.789 bits per heavy atom. The standard InChI is InChI=1S/C18H20O/c19-13-7-12-18(14-16-8-3-1-4-9-16)15-17-10-5-2-6-11-17/h1-6,8-11,13,18H,7,12,14-15H2. The average molecular weight is 252 g/mol. The second-order valence-electron chi connectivity index (χ2n) is 4.99. The number of carbonyl (C=O) groups is 1. The van der Waals surface area contributed by atoms with Crippen LogP contribution in [0.15, 0.2) is 60.7 Å². The maximum Gasteiger partial charge on any atom is 0.120 e. The largest absolute Gasteiger partial charge is 0.303 e. The Kier molecular flexibility index (Phi) is 5.36. The highest BCUT2D eigenvalue weighted by Crippen LogP contribution is 2.19. The van der Waals surface area contributed by atoms with Gasteiger partial charge < -0.3 is 4.79 Å². The molecule has 0 heterocycles. The van der Waals surface area contributed by atoms with Gasteiger partial charge in [0.15, 0.2) is 0 Å². The van der Waals surface area contributed by atoms with Gasteiger partial charge in [0.1, 0.15) is 6.29 Å². The lowest BCUT2D eigenvalue weighted by atomic mass is 9.89. The lowest BCUT2D eigenvalue weighted by Crippen LogP contribution is -2.09. The molecule has 2 rings (SSSR count). The minimum absolute atomic E-state index is 0.537. The Labute approximate surface area is 115 Å². The molecule has 98 valence electrons. The molecule has 0 bridgehead atoms. The Balaban J connectivity index is 2.01. The summed E-state index contributed by atoms with van der Waals surface area (Å²) in [5, 5.41) is 0. The van der Waals surface area contributed by atoms with Crippen LogP contribution in [0.1, 0.15) is 24.0 Å². The van der Waals surface area contributed by atoms with Crippen LogP contribution in [0.2, 0.25) is 0 Å². The van der Waals surface area contributed by atoms with Crippen molar-refractivity contribution in [2.45, 2.75) is 25.7 Å². The zero-order valence-electron chi connectivity index (χ0n) is 11.2. The highest BCUT2D eigenvalue weighted by atomic mass is 16.1. The predicted molar refractivity (Wildman–Crippen MR) is 79.1 cm³/mol. The van der Waals surface area contributed by atoms with Crippen LogP contribution in [-0.2, 0) is 17.6 Å². The zero-order valence-corrected chi connectivity index (χ0v) is 11.2. The fourth-order valence-corrected chi connectivity index (χ4v) is 2.47. The first kappa shape index (κ1) is 13.5. The van der Waals surface area contributed by atoms with Crippen molar-refractivity contribution in [1.29, 1.82) is 0 Å². The normalized spacial score (nSPS) is 10.6. The van der Waals surface area contributed by atoms with Gasteiger partial charge in [-0.3, -0.25) is 0 Å². The van der Waals surface area contributed by atoms with Crippen LogP contribution in [-0.4, -0.2) is 6.29 Å². The van der Waals surface area contributed by atoms with Crippen LogP contribution in [0, 0.1) is 5.92 Å². The van der Waals surface area contributed by atoms with E-state index in [0.29, 0.717) is 12.3 Å². The number of hydrogen-bond acceptors (Lipinski definition) is 1.